The van der Waals surface area contributed by atoms with Crippen LogP contribution in [0.3, 0.4) is 0 Å². The number of hydrogen-bond acceptors (Lipinski definition) is 4. The number of ether oxygens (including phenoxy) is 1. The molecule has 1 saturated heterocycles. The van der Waals surface area contributed by atoms with Gasteiger partial charge in [0, 0.05) is 0 Å². The number of azo groups is 1. The molecule has 0 amide bonds. The van der Waals surface area contributed by atoms with E-state index in [-0.39, 0.29) is 24.0 Å². The lowest BCUT2D eigenvalue weighted by Crippen LogP contribution is -3.00. The van der Waals surface area contributed by atoms with Gasteiger partial charge in [-0.05, 0) is 37.3 Å². The number of benzene rings is 2. The third-order valence-corrected chi connectivity index (χ3v) is 4.48. The molecule has 1 aliphatic heterocycles. The van der Waals surface area contributed by atoms with Gasteiger partial charge < -0.3 is 38.3 Å². The Balaban J connectivity index is 0.00000225. The summed E-state index contributed by atoms with van der Waals surface area (Å²) in [5.74, 6) is 0.315. The summed E-state index contributed by atoms with van der Waals surface area (Å²) < 4.78 is 6.31. The van der Waals surface area contributed by atoms with Crippen molar-refractivity contribution in [2.24, 2.45) is 10.2 Å². The van der Waals surface area contributed by atoms with Crippen LogP contribution in [-0.4, -0.2) is 42.9 Å². The summed E-state index contributed by atoms with van der Waals surface area (Å²) >= 11 is 0. The first-order valence-corrected chi connectivity index (χ1v) is 8.26. The van der Waals surface area contributed by atoms with E-state index < -0.39 is 0 Å². The zero-order valence-electron chi connectivity index (χ0n) is 14.7. The van der Waals surface area contributed by atoms with E-state index in [0.717, 1.165) is 54.3 Å². The van der Waals surface area contributed by atoms with Crippen LogP contribution in [0.5, 0.6) is 5.75 Å². The van der Waals surface area contributed by atoms with Crippen molar-refractivity contribution in [3.05, 3.63) is 53.6 Å². The number of phenols is 1. The maximum atomic E-state index is 10.2. The van der Waals surface area contributed by atoms with Gasteiger partial charge in [-0.15, -0.1) is 0 Å². The fourth-order valence-corrected chi connectivity index (χ4v) is 2.84. The molecule has 0 unspecified atom stereocenters. The van der Waals surface area contributed by atoms with Gasteiger partial charge in [0.05, 0.1) is 37.2 Å². The number of phenolic OH excluding ortho intramolecular Hbond substituents is 1. The molecule has 1 N–H and O–H groups in total. The van der Waals surface area contributed by atoms with Crippen molar-refractivity contribution in [3.8, 4) is 5.75 Å². The van der Waals surface area contributed by atoms with Crippen LogP contribution in [0.2, 0.25) is 0 Å². The zero-order valence-corrected chi connectivity index (χ0v) is 16.8. The van der Waals surface area contributed by atoms with Gasteiger partial charge in [-0.2, -0.15) is 10.2 Å². The topological polar surface area (TPSA) is 54.2 Å². The highest BCUT2D eigenvalue weighted by molar-refractivity contribution is 5.47. The number of aromatic hydroxyl groups is 1. The molecule has 1 fully saturated rings. The van der Waals surface area contributed by atoms with Crippen molar-refractivity contribution in [2.45, 2.75) is 13.5 Å². The Morgan fingerprint density at radius 2 is 1.60 bits per heavy atom. The van der Waals surface area contributed by atoms with E-state index in [1.807, 2.05) is 37.3 Å². The van der Waals surface area contributed by atoms with Crippen molar-refractivity contribution in [3.63, 3.8) is 0 Å². The molecule has 0 spiro atoms. The van der Waals surface area contributed by atoms with Crippen LogP contribution < -0.4 is 24.0 Å². The molecule has 3 rings (SSSR count). The number of hydrogen-bond donors (Lipinski definition) is 1. The summed E-state index contributed by atoms with van der Waals surface area (Å²) in [6, 6.07) is 13.3. The lowest BCUT2D eigenvalue weighted by Gasteiger charge is -2.37. The lowest BCUT2D eigenvalue weighted by molar-refractivity contribution is -0.929. The first-order valence-electron chi connectivity index (χ1n) is 8.26. The molecule has 0 aliphatic carbocycles. The summed E-state index contributed by atoms with van der Waals surface area (Å²) in [7, 11) is 2.20. The fraction of sp³-hybridized carbons (Fsp3) is 0.368. The van der Waals surface area contributed by atoms with E-state index >= 15 is 0 Å². The molecular formula is C19H24IN3O2. The summed E-state index contributed by atoms with van der Waals surface area (Å²) in [6.45, 7) is 6.25. The van der Waals surface area contributed by atoms with Gasteiger partial charge in [0.15, 0.2) is 0 Å². The molecule has 0 bridgehead atoms. The van der Waals surface area contributed by atoms with Crippen molar-refractivity contribution >= 4 is 11.4 Å². The van der Waals surface area contributed by atoms with Crippen LogP contribution in [0.4, 0.5) is 11.4 Å². The third-order valence-electron chi connectivity index (χ3n) is 4.48. The number of nitrogens with zero attached hydrogens (tertiary/aromatic N) is 3. The smallest absolute Gasteiger partial charge is 0.124 e. The second-order valence-electron chi connectivity index (χ2n) is 6.69. The molecule has 25 heavy (non-hydrogen) atoms. The van der Waals surface area contributed by atoms with Gasteiger partial charge in [0.1, 0.15) is 25.4 Å². The standard InChI is InChI=1S/C19H23N3O2.HI/c1-15-3-5-17(6-4-15)20-21-18-7-8-19(23)16(13-18)14-22(2)9-11-24-12-10-22;/h3-8,13H,9-12,14H2,1-2H3;1H. The monoisotopic (exact) mass is 453 g/mol. The summed E-state index contributed by atoms with van der Waals surface area (Å²) in [6.07, 6.45) is 0. The Morgan fingerprint density at radius 3 is 2.28 bits per heavy atom. The van der Waals surface area contributed by atoms with Crippen LogP contribution in [0, 0.1) is 6.92 Å². The molecule has 5 nitrogen and oxygen atoms in total. The van der Waals surface area contributed by atoms with Crippen LogP contribution >= 0.6 is 0 Å². The van der Waals surface area contributed by atoms with E-state index in [2.05, 4.69) is 17.3 Å². The maximum absolute atomic E-state index is 10.2. The predicted molar refractivity (Wildman–Crippen MR) is 93.9 cm³/mol. The highest BCUT2D eigenvalue weighted by Crippen LogP contribution is 2.28. The molecular weight excluding hydrogens is 429 g/mol. The largest absolute Gasteiger partial charge is 1.00 e. The second kappa shape index (κ2) is 8.73. The van der Waals surface area contributed by atoms with Gasteiger partial charge in [0.2, 0.25) is 0 Å². The van der Waals surface area contributed by atoms with Gasteiger partial charge in [0.25, 0.3) is 0 Å². The number of rotatable bonds is 4. The van der Waals surface area contributed by atoms with Crippen LogP contribution in [0.1, 0.15) is 11.1 Å². The van der Waals surface area contributed by atoms with Crippen molar-refractivity contribution in [1.82, 2.24) is 0 Å². The zero-order chi connectivity index (χ0) is 17.0. The molecule has 1 heterocycles. The molecule has 0 aromatic heterocycles. The fourth-order valence-electron chi connectivity index (χ4n) is 2.84. The van der Waals surface area contributed by atoms with Crippen LogP contribution in [0.15, 0.2) is 52.7 Å². The third kappa shape index (κ3) is 5.49. The molecule has 0 atom stereocenters. The Labute approximate surface area is 166 Å². The quantitative estimate of drug-likeness (QED) is 0.429. The lowest BCUT2D eigenvalue weighted by atomic mass is 10.1. The second-order valence-corrected chi connectivity index (χ2v) is 6.69. The minimum Gasteiger partial charge on any atom is -1.00 e. The van der Waals surface area contributed by atoms with Crippen molar-refractivity contribution in [2.75, 3.05) is 33.4 Å². The molecule has 0 saturated carbocycles. The number of likely N-dealkylation sites (N-methyl/N-ethyl adjacent to an activating group) is 1. The minimum absolute atomic E-state index is 0. The Hall–Kier alpha value is -1.51. The van der Waals surface area contributed by atoms with E-state index in [1.54, 1.807) is 12.1 Å². The normalized spacial score (nSPS) is 16.6. The Bertz CT molecular complexity index is 726. The average molecular weight is 453 g/mol. The summed E-state index contributed by atoms with van der Waals surface area (Å²) in [5, 5.41) is 18.8. The molecule has 0 radical (unpaired) electrons. The first-order chi connectivity index (χ1) is 11.5. The SMILES string of the molecule is Cc1ccc(N=Nc2ccc(O)c(C[N+]3(C)CCOCC3)c2)cc1.[I-]. The van der Waals surface area contributed by atoms with E-state index in [9.17, 15) is 5.11 Å². The van der Waals surface area contributed by atoms with Crippen LogP contribution in [-0.2, 0) is 11.3 Å². The highest BCUT2D eigenvalue weighted by atomic mass is 127. The van der Waals surface area contributed by atoms with Crippen LogP contribution in [0.25, 0.3) is 0 Å². The Morgan fingerprint density at radius 1 is 1.00 bits per heavy atom. The average Bonchev–Trinajstić information content (AvgIpc) is 2.57. The number of aryl methyl sites for hydroxylation is 1. The van der Waals surface area contributed by atoms with E-state index in [4.69, 9.17) is 4.74 Å². The van der Waals surface area contributed by atoms with E-state index in [0.29, 0.717) is 5.75 Å². The minimum atomic E-state index is 0. The van der Waals surface area contributed by atoms with Gasteiger partial charge in [-0.3, -0.25) is 0 Å². The molecule has 134 valence electrons. The molecule has 6 heteroatoms. The predicted octanol–water partition coefficient (Wildman–Crippen LogP) is 1.10. The summed E-state index contributed by atoms with van der Waals surface area (Å²) in [5.41, 5.74) is 3.67. The number of quaternary nitrogens is 1. The Kier molecular flexibility index (Phi) is 6.92. The molecule has 2 aromatic rings. The van der Waals surface area contributed by atoms with Gasteiger partial charge in [-0.1, -0.05) is 17.7 Å². The van der Waals surface area contributed by atoms with Crippen molar-refractivity contribution in [1.29, 1.82) is 0 Å². The summed E-state index contributed by atoms with van der Waals surface area (Å²) in [4.78, 5) is 0. The maximum Gasteiger partial charge on any atom is 0.124 e. The number of halogens is 1. The van der Waals surface area contributed by atoms with Crippen molar-refractivity contribution < 1.29 is 38.3 Å². The number of morpholine rings is 1. The van der Waals surface area contributed by atoms with Gasteiger partial charge in [-0.25, -0.2) is 0 Å². The van der Waals surface area contributed by atoms with E-state index in [1.165, 1.54) is 5.56 Å². The molecule has 2 aromatic carbocycles. The first kappa shape index (κ1) is 19.8. The molecule has 1 aliphatic rings. The highest BCUT2D eigenvalue weighted by Gasteiger charge is 2.26. The van der Waals surface area contributed by atoms with Gasteiger partial charge >= 0.3 is 0 Å².